The number of carbonyl (C=O) groups excluding carboxylic acids is 2. The van der Waals surface area contributed by atoms with Crippen LogP contribution in [0, 0.1) is 6.92 Å². The van der Waals surface area contributed by atoms with Gasteiger partial charge in [0.1, 0.15) is 18.3 Å². The van der Waals surface area contributed by atoms with E-state index in [0.29, 0.717) is 45.1 Å². The summed E-state index contributed by atoms with van der Waals surface area (Å²) in [6.45, 7) is 3.72. The Morgan fingerprint density at radius 1 is 1.22 bits per heavy atom. The minimum atomic E-state index is -0.672. The summed E-state index contributed by atoms with van der Waals surface area (Å²) in [6.07, 6.45) is 1.79. The number of imidazole rings is 1. The van der Waals surface area contributed by atoms with Gasteiger partial charge in [-0.2, -0.15) is 0 Å². The highest BCUT2D eigenvalue weighted by Gasteiger charge is 2.21. The van der Waals surface area contributed by atoms with Crippen molar-refractivity contribution in [1.29, 1.82) is 0 Å². The van der Waals surface area contributed by atoms with Crippen molar-refractivity contribution in [3.05, 3.63) is 56.9 Å². The highest BCUT2D eigenvalue weighted by molar-refractivity contribution is 6.38. The van der Waals surface area contributed by atoms with Gasteiger partial charge in [-0.25, -0.2) is 9.78 Å². The Bertz CT molecular complexity index is 1180. The number of amides is 3. The van der Waals surface area contributed by atoms with Gasteiger partial charge >= 0.3 is 6.03 Å². The molecule has 2 aromatic heterocycles. The maximum Gasteiger partial charge on any atom is 0.315 e. The van der Waals surface area contributed by atoms with Crippen molar-refractivity contribution in [2.45, 2.75) is 20.5 Å². The molecule has 0 aliphatic carbocycles. The zero-order chi connectivity index (χ0) is 23.6. The number of benzene rings is 1. The van der Waals surface area contributed by atoms with Crippen molar-refractivity contribution in [3.63, 3.8) is 0 Å². The van der Waals surface area contributed by atoms with Crippen LogP contribution in [0.2, 0.25) is 15.2 Å². The third kappa shape index (κ3) is 4.72. The summed E-state index contributed by atoms with van der Waals surface area (Å²) in [7, 11) is 1.56. The molecule has 0 saturated carbocycles. The number of likely N-dealkylation sites (N-methyl/N-ethyl adjacent to an activating group) is 2. The number of pyridine rings is 1. The lowest BCUT2D eigenvalue weighted by atomic mass is 10.2. The number of urea groups is 1. The molecule has 8 nitrogen and oxygen atoms in total. The van der Waals surface area contributed by atoms with E-state index in [1.54, 1.807) is 55.8 Å². The number of ether oxygens (including phenoxy) is 1. The zero-order valence-electron chi connectivity index (χ0n) is 17.7. The number of hydrogen-bond donors (Lipinski definition) is 1. The predicted molar refractivity (Wildman–Crippen MR) is 126 cm³/mol. The van der Waals surface area contributed by atoms with Crippen LogP contribution in [0.5, 0.6) is 5.75 Å². The van der Waals surface area contributed by atoms with Gasteiger partial charge in [-0.05, 0) is 38.1 Å². The van der Waals surface area contributed by atoms with E-state index in [4.69, 9.17) is 45.3 Å². The highest BCUT2D eigenvalue weighted by Crippen LogP contribution is 2.35. The van der Waals surface area contributed by atoms with Crippen molar-refractivity contribution in [1.82, 2.24) is 14.3 Å². The number of hydrogen-bond acceptors (Lipinski definition) is 4. The predicted octanol–water partition coefficient (Wildman–Crippen LogP) is 4.55. The summed E-state index contributed by atoms with van der Waals surface area (Å²) in [5.74, 6) is 0.151. The first-order valence-corrected chi connectivity index (χ1v) is 10.8. The fourth-order valence-corrected chi connectivity index (χ4v) is 3.90. The second kappa shape index (κ2) is 9.85. The number of fused-ring (bicyclic) bond motifs is 1. The van der Waals surface area contributed by atoms with Crippen LogP contribution in [0.25, 0.3) is 5.65 Å². The Labute approximate surface area is 200 Å². The second-order valence-corrected chi connectivity index (χ2v) is 8.15. The van der Waals surface area contributed by atoms with E-state index in [1.165, 1.54) is 9.80 Å². The molecular weight excluding hydrogens is 477 g/mol. The van der Waals surface area contributed by atoms with Crippen LogP contribution < -0.4 is 15.4 Å². The summed E-state index contributed by atoms with van der Waals surface area (Å²) in [5.41, 5.74) is 7.47. The van der Waals surface area contributed by atoms with E-state index in [-0.39, 0.29) is 24.1 Å². The first-order chi connectivity index (χ1) is 15.1. The van der Waals surface area contributed by atoms with Gasteiger partial charge in [0, 0.05) is 30.4 Å². The lowest BCUT2D eigenvalue weighted by Crippen LogP contribution is -2.43. The molecule has 0 bridgehead atoms. The molecular formula is C21H22Cl3N5O3. The van der Waals surface area contributed by atoms with Gasteiger partial charge in [0.2, 0.25) is 5.91 Å². The van der Waals surface area contributed by atoms with Gasteiger partial charge in [-0.15, -0.1) is 0 Å². The monoisotopic (exact) mass is 497 g/mol. The first kappa shape index (κ1) is 24.0. The van der Waals surface area contributed by atoms with Crippen molar-refractivity contribution >= 4 is 58.1 Å². The fourth-order valence-electron chi connectivity index (χ4n) is 3.12. The minimum Gasteiger partial charge on any atom is -0.485 e. The molecule has 0 atom stereocenters. The van der Waals surface area contributed by atoms with E-state index in [9.17, 15) is 9.59 Å². The van der Waals surface area contributed by atoms with Crippen molar-refractivity contribution in [2.24, 2.45) is 5.73 Å². The third-order valence-electron chi connectivity index (χ3n) is 5.01. The number of aryl methyl sites for hydroxylation is 1. The normalized spacial score (nSPS) is 10.9. The quantitative estimate of drug-likeness (QED) is 0.517. The average Bonchev–Trinajstić information content (AvgIpc) is 3.05. The summed E-state index contributed by atoms with van der Waals surface area (Å²) >= 11 is 19.2. The SMILES string of the molecule is CCN(CC(=O)N(C)c1ccc(Cl)c(COc2cccn3c(Cl)c(C)nc23)c1Cl)C(N)=O. The molecule has 170 valence electrons. The molecule has 32 heavy (non-hydrogen) atoms. The summed E-state index contributed by atoms with van der Waals surface area (Å²) in [5, 5.41) is 1.15. The Morgan fingerprint density at radius 3 is 2.59 bits per heavy atom. The summed E-state index contributed by atoms with van der Waals surface area (Å²) in [6, 6.07) is 6.15. The highest BCUT2D eigenvalue weighted by atomic mass is 35.5. The number of halogens is 3. The van der Waals surface area contributed by atoms with Gasteiger partial charge in [-0.1, -0.05) is 34.8 Å². The number of primary amides is 1. The number of nitrogens with zero attached hydrogens (tertiary/aromatic N) is 4. The Hall–Kier alpha value is -2.68. The molecule has 2 N–H and O–H groups in total. The molecule has 3 rings (SSSR count). The van der Waals surface area contributed by atoms with E-state index in [2.05, 4.69) is 4.98 Å². The van der Waals surface area contributed by atoms with Crippen LogP contribution >= 0.6 is 34.8 Å². The summed E-state index contributed by atoms with van der Waals surface area (Å²) < 4.78 is 7.68. The van der Waals surface area contributed by atoms with E-state index < -0.39 is 6.03 Å². The third-order valence-corrected chi connectivity index (χ3v) is 6.24. The van der Waals surface area contributed by atoms with Crippen molar-refractivity contribution in [2.75, 3.05) is 25.0 Å². The number of anilines is 1. The number of nitrogens with two attached hydrogens (primary N) is 1. The van der Waals surface area contributed by atoms with Gasteiger partial charge in [-0.3, -0.25) is 9.20 Å². The van der Waals surface area contributed by atoms with Crippen LogP contribution in [-0.4, -0.2) is 46.4 Å². The smallest absolute Gasteiger partial charge is 0.315 e. The molecule has 1 aromatic carbocycles. The Morgan fingerprint density at radius 2 is 1.94 bits per heavy atom. The van der Waals surface area contributed by atoms with Gasteiger partial charge < -0.3 is 20.3 Å². The molecule has 3 aromatic rings. The van der Waals surface area contributed by atoms with E-state index >= 15 is 0 Å². The standard InChI is InChI=1S/C21H22Cl3N5O3/c1-4-28(21(25)31)10-17(30)27(3)15-8-7-14(22)13(18(15)23)11-32-16-6-5-9-29-19(24)12(2)26-20(16)29/h5-9H,4,10-11H2,1-3H3,(H2,25,31). The Balaban J connectivity index is 1.85. The number of carbonyl (C=O) groups is 2. The molecule has 11 heteroatoms. The summed E-state index contributed by atoms with van der Waals surface area (Å²) in [4.78, 5) is 31.1. The Kier molecular flexibility index (Phi) is 7.38. The van der Waals surface area contributed by atoms with Crippen LogP contribution in [0.1, 0.15) is 18.2 Å². The number of aromatic nitrogens is 2. The van der Waals surface area contributed by atoms with Gasteiger partial charge in [0.05, 0.1) is 16.4 Å². The van der Waals surface area contributed by atoms with E-state index in [0.717, 1.165) is 0 Å². The second-order valence-electron chi connectivity index (χ2n) is 7.01. The molecule has 0 fully saturated rings. The average molecular weight is 499 g/mol. The topological polar surface area (TPSA) is 93.2 Å². The molecule has 0 radical (unpaired) electrons. The van der Waals surface area contributed by atoms with Crippen molar-refractivity contribution in [3.8, 4) is 5.75 Å². The van der Waals surface area contributed by atoms with E-state index in [1.807, 2.05) is 0 Å². The molecule has 3 amide bonds. The first-order valence-electron chi connectivity index (χ1n) is 9.69. The minimum absolute atomic E-state index is 0.0408. The van der Waals surface area contributed by atoms with Gasteiger partial charge in [0.15, 0.2) is 11.4 Å². The molecule has 2 heterocycles. The van der Waals surface area contributed by atoms with Gasteiger partial charge in [0.25, 0.3) is 0 Å². The molecule has 0 aliphatic heterocycles. The zero-order valence-corrected chi connectivity index (χ0v) is 20.0. The molecule has 0 saturated heterocycles. The fraction of sp³-hybridized carbons (Fsp3) is 0.286. The lowest BCUT2D eigenvalue weighted by molar-refractivity contribution is -0.118. The van der Waals surface area contributed by atoms with Crippen LogP contribution in [0.15, 0.2) is 30.5 Å². The molecule has 0 unspecified atom stereocenters. The van der Waals surface area contributed by atoms with Crippen LogP contribution in [-0.2, 0) is 11.4 Å². The molecule has 0 aliphatic rings. The maximum absolute atomic E-state index is 12.7. The number of rotatable bonds is 7. The maximum atomic E-state index is 12.7. The van der Waals surface area contributed by atoms with Crippen LogP contribution in [0.3, 0.4) is 0 Å². The lowest BCUT2D eigenvalue weighted by Gasteiger charge is -2.24. The van der Waals surface area contributed by atoms with Crippen LogP contribution in [0.4, 0.5) is 10.5 Å². The van der Waals surface area contributed by atoms with Crippen molar-refractivity contribution < 1.29 is 14.3 Å². The molecule has 0 spiro atoms. The largest absolute Gasteiger partial charge is 0.485 e.